The van der Waals surface area contributed by atoms with Crippen LogP contribution in [0, 0.1) is 0 Å². The van der Waals surface area contributed by atoms with Gasteiger partial charge in [-0.15, -0.1) is 0 Å². The van der Waals surface area contributed by atoms with Crippen molar-refractivity contribution in [2.24, 2.45) is 0 Å². The molecule has 0 aromatic heterocycles. The molecule has 0 saturated carbocycles. The van der Waals surface area contributed by atoms with E-state index in [0.717, 1.165) is 0 Å². The summed E-state index contributed by atoms with van der Waals surface area (Å²) < 4.78 is 28.3. The van der Waals surface area contributed by atoms with Gasteiger partial charge in [0.05, 0.1) is 29.7 Å². The van der Waals surface area contributed by atoms with E-state index in [1.807, 2.05) is 0 Å². The highest BCUT2D eigenvalue weighted by Crippen LogP contribution is 2.25. The minimum atomic E-state index is -3.16. The van der Waals surface area contributed by atoms with Gasteiger partial charge >= 0.3 is 12.1 Å². The van der Waals surface area contributed by atoms with Crippen LogP contribution < -0.4 is 4.90 Å². The Bertz CT molecular complexity index is 667. The van der Waals surface area contributed by atoms with Gasteiger partial charge in [0.2, 0.25) is 0 Å². The van der Waals surface area contributed by atoms with E-state index in [1.165, 1.54) is 29.2 Å². The average molecular weight is 327 g/mol. The zero-order chi connectivity index (χ0) is 16.3. The van der Waals surface area contributed by atoms with Crippen molar-refractivity contribution in [3.8, 4) is 0 Å². The van der Waals surface area contributed by atoms with Gasteiger partial charge in [-0.05, 0) is 37.6 Å². The Morgan fingerprint density at radius 1 is 1.32 bits per heavy atom. The van der Waals surface area contributed by atoms with Crippen LogP contribution in [0.5, 0.6) is 0 Å². The molecule has 0 aliphatic carbocycles. The molecule has 2 rings (SSSR count). The molecule has 1 N–H and O–H groups in total. The molecule has 1 saturated heterocycles. The van der Waals surface area contributed by atoms with Gasteiger partial charge in [-0.1, -0.05) is 0 Å². The number of nitrogens with zero attached hydrogens (tertiary/aromatic N) is 1. The molecular formula is C14H17NO6S. The molecule has 1 fully saturated rings. The lowest BCUT2D eigenvalue weighted by atomic mass is 10.1. The minimum Gasteiger partial charge on any atom is -0.478 e. The van der Waals surface area contributed by atoms with Crippen LogP contribution in [0.15, 0.2) is 24.3 Å². The smallest absolute Gasteiger partial charge is 0.414 e. The van der Waals surface area contributed by atoms with Crippen molar-refractivity contribution in [3.63, 3.8) is 0 Å². The lowest BCUT2D eigenvalue weighted by Gasteiger charge is -2.27. The molecule has 7 nitrogen and oxygen atoms in total. The fourth-order valence-electron chi connectivity index (χ4n) is 2.40. The van der Waals surface area contributed by atoms with Crippen LogP contribution in [0.25, 0.3) is 0 Å². The molecule has 120 valence electrons. The molecule has 22 heavy (non-hydrogen) atoms. The number of hydrogen-bond donors (Lipinski definition) is 1. The van der Waals surface area contributed by atoms with E-state index in [0.29, 0.717) is 12.1 Å². The molecule has 0 bridgehead atoms. The zero-order valence-electron chi connectivity index (χ0n) is 12.1. The van der Waals surface area contributed by atoms with Gasteiger partial charge in [-0.25, -0.2) is 18.0 Å². The summed E-state index contributed by atoms with van der Waals surface area (Å²) in [5.41, 5.74) is 0.511. The molecule has 1 aromatic carbocycles. The van der Waals surface area contributed by atoms with E-state index in [4.69, 9.17) is 9.84 Å². The van der Waals surface area contributed by atoms with Gasteiger partial charge in [-0.2, -0.15) is 0 Å². The maximum Gasteiger partial charge on any atom is 0.414 e. The topological polar surface area (TPSA) is 101 Å². The molecule has 1 aromatic rings. The summed E-state index contributed by atoms with van der Waals surface area (Å²) in [6, 6.07) is 5.19. The Kier molecular flexibility index (Phi) is 4.70. The summed E-state index contributed by atoms with van der Waals surface area (Å²) in [6.45, 7) is 1.83. The fourth-order valence-corrected chi connectivity index (χ4v) is 4.10. The van der Waals surface area contributed by atoms with E-state index in [-0.39, 0.29) is 23.7 Å². The van der Waals surface area contributed by atoms with Crippen LogP contribution in [0.2, 0.25) is 0 Å². The van der Waals surface area contributed by atoms with Crippen molar-refractivity contribution in [1.29, 1.82) is 0 Å². The number of rotatable bonds is 4. The third kappa shape index (κ3) is 3.56. The van der Waals surface area contributed by atoms with Crippen LogP contribution in [-0.2, 0) is 14.6 Å². The van der Waals surface area contributed by atoms with E-state index in [2.05, 4.69) is 0 Å². The molecule has 1 atom stereocenters. The van der Waals surface area contributed by atoms with Gasteiger partial charge in [0, 0.05) is 5.69 Å². The first-order chi connectivity index (χ1) is 10.3. The number of carbonyl (C=O) groups is 2. The van der Waals surface area contributed by atoms with Crippen LogP contribution in [0.3, 0.4) is 0 Å². The van der Waals surface area contributed by atoms with Gasteiger partial charge in [0.1, 0.15) is 0 Å². The summed E-state index contributed by atoms with van der Waals surface area (Å²) in [5.74, 6) is -1.16. The monoisotopic (exact) mass is 327 g/mol. The lowest BCUT2D eigenvalue weighted by Crippen LogP contribution is -2.41. The number of carboxylic acid groups (broad SMARTS) is 1. The zero-order valence-corrected chi connectivity index (χ0v) is 12.9. The molecule has 1 unspecified atom stereocenters. The standard InChI is InChI=1S/C14H17NO6S/c1-2-21-14(18)15(12-7-8-22(19,20)9-12)11-5-3-10(4-6-11)13(16)17/h3-6,12H,2,7-9H2,1H3,(H,16,17). The second kappa shape index (κ2) is 6.35. The normalized spacial score (nSPS) is 19.6. The molecule has 8 heteroatoms. The number of carbonyl (C=O) groups excluding carboxylic acids is 1. The molecular weight excluding hydrogens is 310 g/mol. The second-order valence-electron chi connectivity index (χ2n) is 4.98. The Labute approximate surface area is 128 Å². The summed E-state index contributed by atoms with van der Waals surface area (Å²) in [5, 5.41) is 8.90. The first kappa shape index (κ1) is 16.3. The van der Waals surface area contributed by atoms with Crippen molar-refractivity contribution < 1.29 is 27.9 Å². The van der Waals surface area contributed by atoms with E-state index in [9.17, 15) is 18.0 Å². The molecule has 0 spiro atoms. The Morgan fingerprint density at radius 3 is 2.41 bits per heavy atom. The van der Waals surface area contributed by atoms with Crippen LogP contribution in [-0.4, -0.2) is 49.7 Å². The van der Waals surface area contributed by atoms with E-state index in [1.54, 1.807) is 6.92 Å². The van der Waals surface area contributed by atoms with Crippen LogP contribution >= 0.6 is 0 Å². The van der Waals surface area contributed by atoms with Crippen molar-refractivity contribution in [2.75, 3.05) is 23.0 Å². The molecule has 0 radical (unpaired) electrons. The van der Waals surface area contributed by atoms with Crippen molar-refractivity contribution >= 4 is 27.6 Å². The Balaban J connectivity index is 2.32. The van der Waals surface area contributed by atoms with Gasteiger partial charge in [0.15, 0.2) is 9.84 Å². The van der Waals surface area contributed by atoms with Gasteiger partial charge in [0.25, 0.3) is 0 Å². The number of aromatic carboxylic acids is 1. The SMILES string of the molecule is CCOC(=O)N(c1ccc(C(=O)O)cc1)C1CCS(=O)(=O)C1. The summed E-state index contributed by atoms with van der Waals surface area (Å²) in [6.07, 6.45) is -0.297. The minimum absolute atomic E-state index is 0.0286. The molecule has 1 aliphatic rings. The number of carboxylic acids is 1. The molecule has 1 heterocycles. The largest absolute Gasteiger partial charge is 0.478 e. The second-order valence-corrected chi connectivity index (χ2v) is 7.21. The first-order valence-electron chi connectivity index (χ1n) is 6.84. The highest BCUT2D eigenvalue weighted by atomic mass is 32.2. The van der Waals surface area contributed by atoms with Crippen molar-refractivity contribution in [3.05, 3.63) is 29.8 Å². The lowest BCUT2D eigenvalue weighted by molar-refractivity contribution is 0.0697. The van der Waals surface area contributed by atoms with Crippen LogP contribution in [0.1, 0.15) is 23.7 Å². The number of anilines is 1. The van der Waals surface area contributed by atoms with Gasteiger partial charge < -0.3 is 9.84 Å². The van der Waals surface area contributed by atoms with Crippen molar-refractivity contribution in [1.82, 2.24) is 0 Å². The molecule has 1 aliphatic heterocycles. The quantitative estimate of drug-likeness (QED) is 0.900. The van der Waals surface area contributed by atoms with E-state index >= 15 is 0 Å². The van der Waals surface area contributed by atoms with Crippen LogP contribution in [0.4, 0.5) is 10.5 Å². The summed E-state index contributed by atoms with van der Waals surface area (Å²) in [4.78, 5) is 24.3. The first-order valence-corrected chi connectivity index (χ1v) is 8.66. The summed E-state index contributed by atoms with van der Waals surface area (Å²) in [7, 11) is -3.16. The Morgan fingerprint density at radius 2 is 1.95 bits per heavy atom. The number of hydrogen-bond acceptors (Lipinski definition) is 5. The number of amides is 1. The highest BCUT2D eigenvalue weighted by molar-refractivity contribution is 7.91. The predicted molar refractivity (Wildman–Crippen MR) is 80.0 cm³/mol. The van der Waals surface area contributed by atoms with Crippen molar-refractivity contribution in [2.45, 2.75) is 19.4 Å². The number of benzene rings is 1. The fraction of sp³-hybridized carbons (Fsp3) is 0.429. The third-order valence-electron chi connectivity index (χ3n) is 3.43. The third-order valence-corrected chi connectivity index (χ3v) is 5.18. The maximum absolute atomic E-state index is 12.2. The predicted octanol–water partition coefficient (Wildman–Crippen LogP) is 1.53. The number of ether oxygens (including phenoxy) is 1. The van der Waals surface area contributed by atoms with Gasteiger partial charge in [-0.3, -0.25) is 4.90 Å². The average Bonchev–Trinajstić information content (AvgIpc) is 2.80. The Hall–Kier alpha value is -2.09. The van der Waals surface area contributed by atoms with E-state index < -0.39 is 27.9 Å². The maximum atomic E-state index is 12.2. The molecule has 1 amide bonds. The highest BCUT2D eigenvalue weighted by Gasteiger charge is 2.36. The summed E-state index contributed by atoms with van der Waals surface area (Å²) >= 11 is 0. The number of sulfone groups is 1.